The van der Waals surface area contributed by atoms with Gasteiger partial charge in [-0.15, -0.1) is 11.3 Å². The van der Waals surface area contributed by atoms with Gasteiger partial charge in [0.25, 0.3) is 0 Å². The van der Waals surface area contributed by atoms with Gasteiger partial charge < -0.3 is 19.5 Å². The van der Waals surface area contributed by atoms with Crippen LogP contribution >= 0.6 is 11.3 Å². The van der Waals surface area contributed by atoms with Crippen LogP contribution in [0.15, 0.2) is 24.3 Å². The summed E-state index contributed by atoms with van der Waals surface area (Å²) >= 11 is 1.45. The summed E-state index contributed by atoms with van der Waals surface area (Å²) in [4.78, 5) is 25.6. The molecular weight excluding hydrogens is 366 g/mol. The molecule has 1 amide bonds. The van der Waals surface area contributed by atoms with E-state index in [-0.39, 0.29) is 5.91 Å². The summed E-state index contributed by atoms with van der Waals surface area (Å²) in [6.45, 7) is 0. The summed E-state index contributed by atoms with van der Waals surface area (Å²) in [5.41, 5.74) is 2.29. The molecule has 27 heavy (non-hydrogen) atoms. The number of hydrogen-bond acceptors (Lipinski definition) is 6. The van der Waals surface area contributed by atoms with Gasteiger partial charge in [0.05, 0.1) is 26.9 Å². The fourth-order valence-electron chi connectivity index (χ4n) is 3.09. The van der Waals surface area contributed by atoms with Crippen LogP contribution in [0.2, 0.25) is 0 Å². The van der Waals surface area contributed by atoms with Crippen LogP contribution in [0.4, 0.5) is 5.00 Å². The van der Waals surface area contributed by atoms with E-state index in [1.54, 1.807) is 32.4 Å². The fraction of sp³-hybridized carbons (Fsp3) is 0.300. The molecule has 0 bridgehead atoms. The first-order valence-electron chi connectivity index (χ1n) is 8.51. The monoisotopic (exact) mass is 387 g/mol. The van der Waals surface area contributed by atoms with E-state index in [0.717, 1.165) is 35.3 Å². The lowest BCUT2D eigenvalue weighted by Crippen LogP contribution is -2.12. The first-order valence-corrected chi connectivity index (χ1v) is 9.33. The number of nitrogens with one attached hydrogen (secondary N) is 1. The van der Waals surface area contributed by atoms with Crippen LogP contribution in [0.5, 0.6) is 11.5 Å². The van der Waals surface area contributed by atoms with Crippen LogP contribution in [-0.2, 0) is 22.4 Å². The highest BCUT2D eigenvalue weighted by Crippen LogP contribution is 2.39. The summed E-state index contributed by atoms with van der Waals surface area (Å²) in [6.07, 6.45) is 5.90. The van der Waals surface area contributed by atoms with E-state index in [4.69, 9.17) is 14.2 Å². The molecular formula is C20H21NO5S. The SMILES string of the molecule is COC(=O)c1c(NC(=O)/C=C/c2ccc(OC)c(OC)c2)sc2c1CCC2. The lowest BCUT2D eigenvalue weighted by molar-refractivity contribution is -0.111. The van der Waals surface area contributed by atoms with Crippen molar-refractivity contribution in [2.75, 3.05) is 26.6 Å². The van der Waals surface area contributed by atoms with Crippen molar-refractivity contribution in [3.8, 4) is 11.5 Å². The second kappa shape index (κ2) is 8.26. The molecule has 0 spiro atoms. The standard InChI is InChI=1S/C20H21NO5S/c1-24-14-9-7-12(11-15(14)25-2)8-10-17(22)21-19-18(20(23)26-3)13-5-4-6-16(13)27-19/h7-11H,4-6H2,1-3H3,(H,21,22)/b10-8+. The second-order valence-electron chi connectivity index (χ2n) is 5.99. The number of anilines is 1. The van der Waals surface area contributed by atoms with Gasteiger partial charge in [-0.3, -0.25) is 4.79 Å². The van der Waals surface area contributed by atoms with E-state index in [0.29, 0.717) is 22.1 Å². The lowest BCUT2D eigenvalue weighted by atomic mass is 10.1. The summed E-state index contributed by atoms with van der Waals surface area (Å²) in [6, 6.07) is 5.38. The maximum atomic E-state index is 12.4. The molecule has 0 unspecified atom stereocenters. The Hall–Kier alpha value is -2.80. The topological polar surface area (TPSA) is 73.9 Å². The number of methoxy groups -OCH3 is 3. The fourth-order valence-corrected chi connectivity index (χ4v) is 4.37. The Labute approximate surface area is 161 Å². The molecule has 0 radical (unpaired) electrons. The normalized spacial score (nSPS) is 12.7. The predicted octanol–water partition coefficient (Wildman–Crippen LogP) is 3.69. The molecule has 0 atom stereocenters. The van der Waals surface area contributed by atoms with E-state index < -0.39 is 5.97 Å². The van der Waals surface area contributed by atoms with Crippen LogP contribution in [-0.4, -0.2) is 33.2 Å². The minimum atomic E-state index is -0.409. The van der Waals surface area contributed by atoms with Crippen molar-refractivity contribution in [2.24, 2.45) is 0 Å². The van der Waals surface area contributed by atoms with E-state index in [2.05, 4.69) is 5.32 Å². The van der Waals surface area contributed by atoms with Crippen LogP contribution in [0, 0.1) is 0 Å². The highest BCUT2D eigenvalue weighted by atomic mass is 32.1. The smallest absolute Gasteiger partial charge is 0.341 e. The van der Waals surface area contributed by atoms with Crippen molar-refractivity contribution in [2.45, 2.75) is 19.3 Å². The summed E-state index contributed by atoms with van der Waals surface area (Å²) in [7, 11) is 4.48. The van der Waals surface area contributed by atoms with Crippen LogP contribution in [0.25, 0.3) is 6.08 Å². The Balaban J connectivity index is 1.77. The zero-order chi connectivity index (χ0) is 19.4. The number of aryl methyl sites for hydroxylation is 1. The molecule has 1 aliphatic carbocycles. The Morgan fingerprint density at radius 2 is 1.89 bits per heavy atom. The molecule has 1 aromatic carbocycles. The number of amides is 1. The molecule has 6 nitrogen and oxygen atoms in total. The van der Waals surface area contributed by atoms with Gasteiger partial charge in [0, 0.05) is 11.0 Å². The molecule has 142 valence electrons. The van der Waals surface area contributed by atoms with Gasteiger partial charge in [-0.05, 0) is 48.6 Å². The summed E-state index contributed by atoms with van der Waals surface area (Å²) < 4.78 is 15.4. The van der Waals surface area contributed by atoms with E-state index in [1.165, 1.54) is 24.5 Å². The second-order valence-corrected chi connectivity index (χ2v) is 7.10. The largest absolute Gasteiger partial charge is 0.493 e. The van der Waals surface area contributed by atoms with E-state index in [9.17, 15) is 9.59 Å². The molecule has 0 saturated heterocycles. The molecule has 3 rings (SSSR count). The van der Waals surface area contributed by atoms with Gasteiger partial charge in [-0.25, -0.2) is 4.79 Å². The van der Waals surface area contributed by atoms with Crippen molar-refractivity contribution in [3.05, 3.63) is 45.8 Å². The zero-order valence-corrected chi connectivity index (χ0v) is 16.3. The number of rotatable bonds is 6. The molecule has 1 heterocycles. The third kappa shape index (κ3) is 3.98. The molecule has 2 aromatic rings. The average molecular weight is 387 g/mol. The van der Waals surface area contributed by atoms with Crippen molar-refractivity contribution in [3.63, 3.8) is 0 Å². The summed E-state index contributed by atoms with van der Waals surface area (Å²) in [5, 5.41) is 3.36. The maximum Gasteiger partial charge on any atom is 0.341 e. The van der Waals surface area contributed by atoms with Gasteiger partial charge in [0.1, 0.15) is 5.00 Å². The van der Waals surface area contributed by atoms with Crippen LogP contribution in [0.1, 0.15) is 32.8 Å². The first-order chi connectivity index (χ1) is 13.1. The van der Waals surface area contributed by atoms with Crippen LogP contribution < -0.4 is 14.8 Å². The molecule has 7 heteroatoms. The van der Waals surface area contributed by atoms with Crippen molar-refractivity contribution in [1.29, 1.82) is 0 Å². The lowest BCUT2D eigenvalue weighted by Gasteiger charge is -2.07. The Morgan fingerprint density at radius 3 is 2.59 bits per heavy atom. The van der Waals surface area contributed by atoms with Gasteiger partial charge in [-0.1, -0.05) is 6.07 Å². The van der Waals surface area contributed by atoms with Crippen molar-refractivity contribution < 1.29 is 23.8 Å². The molecule has 1 N–H and O–H groups in total. The summed E-state index contributed by atoms with van der Waals surface area (Å²) in [5.74, 6) is 0.487. The van der Waals surface area contributed by atoms with Gasteiger partial charge in [0.2, 0.25) is 5.91 Å². The number of benzene rings is 1. The van der Waals surface area contributed by atoms with Crippen molar-refractivity contribution >= 4 is 34.3 Å². The highest BCUT2D eigenvalue weighted by molar-refractivity contribution is 7.17. The number of ether oxygens (including phenoxy) is 3. The Bertz CT molecular complexity index is 900. The minimum absolute atomic E-state index is 0.310. The number of carbonyl (C=O) groups excluding carboxylic acids is 2. The first kappa shape index (κ1) is 19.0. The molecule has 1 aromatic heterocycles. The Kier molecular flexibility index (Phi) is 5.81. The molecule has 0 saturated carbocycles. The zero-order valence-electron chi connectivity index (χ0n) is 15.5. The molecule has 0 aliphatic heterocycles. The van der Waals surface area contributed by atoms with Gasteiger partial charge >= 0.3 is 5.97 Å². The molecule has 1 aliphatic rings. The van der Waals surface area contributed by atoms with Crippen LogP contribution in [0.3, 0.4) is 0 Å². The third-order valence-electron chi connectivity index (χ3n) is 4.38. The number of esters is 1. The van der Waals surface area contributed by atoms with E-state index >= 15 is 0 Å². The number of thiophene rings is 1. The Morgan fingerprint density at radius 1 is 1.11 bits per heavy atom. The number of fused-ring (bicyclic) bond motifs is 1. The van der Waals surface area contributed by atoms with Gasteiger partial charge in [0.15, 0.2) is 11.5 Å². The molecule has 0 fully saturated rings. The maximum absolute atomic E-state index is 12.4. The average Bonchev–Trinajstić information content (AvgIpc) is 3.26. The number of hydrogen-bond donors (Lipinski definition) is 1. The van der Waals surface area contributed by atoms with Crippen molar-refractivity contribution in [1.82, 2.24) is 0 Å². The highest BCUT2D eigenvalue weighted by Gasteiger charge is 2.27. The van der Waals surface area contributed by atoms with Gasteiger partial charge in [-0.2, -0.15) is 0 Å². The quantitative estimate of drug-likeness (QED) is 0.604. The predicted molar refractivity (Wildman–Crippen MR) is 105 cm³/mol. The number of carbonyl (C=O) groups is 2. The van der Waals surface area contributed by atoms with E-state index in [1.807, 2.05) is 6.07 Å². The minimum Gasteiger partial charge on any atom is -0.493 e. The third-order valence-corrected chi connectivity index (χ3v) is 5.59.